The Bertz CT molecular complexity index is 1410. The third-order valence-electron chi connectivity index (χ3n) is 19.8. The van der Waals surface area contributed by atoms with E-state index < -0.39 is 12.1 Å². The highest BCUT2D eigenvalue weighted by Crippen LogP contribution is 2.21. The lowest BCUT2D eigenvalue weighted by Crippen LogP contribution is -2.45. The summed E-state index contributed by atoms with van der Waals surface area (Å²) in [6.45, 7) is 4.99. The molecule has 0 saturated carbocycles. The van der Waals surface area contributed by atoms with E-state index in [9.17, 15) is 19.8 Å². The molecule has 0 aliphatic rings. The van der Waals surface area contributed by atoms with Crippen LogP contribution in [-0.4, -0.2) is 47.4 Å². The number of ether oxygens (including phenoxy) is 1. The first kappa shape index (κ1) is 88.3. The fourth-order valence-electron chi connectivity index (χ4n) is 13.4. The third kappa shape index (κ3) is 75.4. The summed E-state index contributed by atoms with van der Waals surface area (Å²) in [5, 5.41) is 23.5. The van der Waals surface area contributed by atoms with E-state index in [1.807, 2.05) is 0 Å². The predicted molar refractivity (Wildman–Crippen MR) is 398 cm³/mol. The summed E-state index contributed by atoms with van der Waals surface area (Å²) in [6, 6.07) is -0.538. The number of aliphatic hydroxyl groups is 2. The molecule has 3 N–H and O–H groups in total. The first-order chi connectivity index (χ1) is 44.5. The number of carbonyl (C=O) groups excluding carboxylic acids is 2. The van der Waals surface area contributed by atoms with Gasteiger partial charge in [-0.1, -0.05) is 430 Å². The van der Waals surface area contributed by atoms with Gasteiger partial charge < -0.3 is 20.3 Å². The van der Waals surface area contributed by atoms with E-state index in [0.29, 0.717) is 25.9 Å². The average molecular weight is 1270 g/mol. The summed E-state index contributed by atoms with van der Waals surface area (Å²) >= 11 is 0. The normalized spacial score (nSPS) is 12.5. The molecule has 0 bridgehead atoms. The zero-order valence-corrected chi connectivity index (χ0v) is 61.4. The summed E-state index contributed by atoms with van der Waals surface area (Å²) in [6.07, 6.45) is 103. The minimum atomic E-state index is -0.661. The van der Waals surface area contributed by atoms with Gasteiger partial charge in [0.15, 0.2) is 0 Å². The van der Waals surface area contributed by atoms with Crippen molar-refractivity contribution in [1.82, 2.24) is 5.32 Å². The van der Waals surface area contributed by atoms with Crippen molar-refractivity contribution in [1.29, 1.82) is 0 Å². The second-order valence-corrected chi connectivity index (χ2v) is 28.8. The number of esters is 1. The van der Waals surface area contributed by atoms with Crippen LogP contribution in [0.25, 0.3) is 0 Å². The van der Waals surface area contributed by atoms with E-state index in [4.69, 9.17) is 4.74 Å². The Balaban J connectivity index is 3.31. The van der Waals surface area contributed by atoms with Gasteiger partial charge in [0.25, 0.3) is 0 Å². The molecule has 0 aliphatic heterocycles. The maximum absolute atomic E-state index is 12.6. The van der Waals surface area contributed by atoms with E-state index in [2.05, 4.69) is 43.5 Å². The van der Waals surface area contributed by atoms with Gasteiger partial charge in [0.05, 0.1) is 25.4 Å². The van der Waals surface area contributed by atoms with Crippen LogP contribution in [0, 0.1) is 0 Å². The lowest BCUT2D eigenvalue weighted by atomic mass is 10.0. The van der Waals surface area contributed by atoms with Crippen molar-refractivity contribution in [2.75, 3.05) is 13.2 Å². The number of carbonyl (C=O) groups is 2. The number of hydrogen-bond donors (Lipinski definition) is 3. The Labute approximate surface area is 564 Å². The predicted octanol–water partition coefficient (Wildman–Crippen LogP) is 27.6. The van der Waals surface area contributed by atoms with Gasteiger partial charge in [0.1, 0.15) is 0 Å². The minimum Gasteiger partial charge on any atom is -0.466 e. The zero-order chi connectivity index (χ0) is 64.9. The van der Waals surface area contributed by atoms with Gasteiger partial charge in [-0.3, -0.25) is 9.59 Å². The van der Waals surface area contributed by atoms with Crippen LogP contribution < -0.4 is 5.32 Å². The molecule has 0 radical (unpaired) electrons. The van der Waals surface area contributed by atoms with Gasteiger partial charge in [-0.2, -0.15) is 0 Å². The SMILES string of the molecule is CCCCCC/C=C\C/C=C\CCCCCCCCCC(=O)OCCCCCCCCCCCCCCCCCCCCCCCCCCCCCCCCCCCCCC(=O)NC(CO)C(O)CCCCCCCCCCCCCCCCCCCCCC. The first-order valence-corrected chi connectivity index (χ1v) is 41.6. The number of nitrogens with one attached hydrogen (secondary N) is 1. The van der Waals surface area contributed by atoms with E-state index >= 15 is 0 Å². The summed E-state index contributed by atoms with van der Waals surface area (Å²) in [7, 11) is 0. The van der Waals surface area contributed by atoms with Crippen LogP contribution in [0.15, 0.2) is 24.3 Å². The largest absolute Gasteiger partial charge is 0.466 e. The molecule has 1 amide bonds. The van der Waals surface area contributed by atoms with Crippen LogP contribution in [0.2, 0.25) is 0 Å². The molecule has 6 nitrogen and oxygen atoms in total. The lowest BCUT2D eigenvalue weighted by molar-refractivity contribution is -0.143. The Morgan fingerprint density at radius 3 is 0.856 bits per heavy atom. The van der Waals surface area contributed by atoms with Gasteiger partial charge in [-0.15, -0.1) is 0 Å². The van der Waals surface area contributed by atoms with Gasteiger partial charge in [-0.25, -0.2) is 0 Å². The molecule has 0 aliphatic carbocycles. The fourth-order valence-corrected chi connectivity index (χ4v) is 13.4. The van der Waals surface area contributed by atoms with Crippen LogP contribution in [0.3, 0.4) is 0 Å². The first-order valence-electron chi connectivity index (χ1n) is 41.6. The number of amides is 1. The summed E-state index contributed by atoms with van der Waals surface area (Å²) in [4.78, 5) is 24.7. The van der Waals surface area contributed by atoms with Crippen LogP contribution in [0.5, 0.6) is 0 Å². The van der Waals surface area contributed by atoms with Gasteiger partial charge in [0.2, 0.25) is 5.91 Å². The Hall–Kier alpha value is -1.66. The van der Waals surface area contributed by atoms with Crippen molar-refractivity contribution in [2.24, 2.45) is 0 Å². The molecule has 2 unspecified atom stereocenters. The molecular formula is C84H163NO5. The lowest BCUT2D eigenvalue weighted by Gasteiger charge is -2.22. The maximum Gasteiger partial charge on any atom is 0.305 e. The maximum atomic E-state index is 12.6. The molecule has 0 spiro atoms. The molecule has 6 heteroatoms. The third-order valence-corrected chi connectivity index (χ3v) is 19.8. The number of allylic oxidation sites excluding steroid dienone is 4. The molecule has 90 heavy (non-hydrogen) atoms. The molecule has 0 fully saturated rings. The smallest absolute Gasteiger partial charge is 0.305 e. The molecular weight excluding hydrogens is 1100 g/mol. The van der Waals surface area contributed by atoms with Crippen molar-refractivity contribution in [3.8, 4) is 0 Å². The molecule has 0 heterocycles. The highest BCUT2D eigenvalue weighted by Gasteiger charge is 2.20. The van der Waals surface area contributed by atoms with Crippen LogP contribution in [0.1, 0.15) is 476 Å². The number of unbranched alkanes of at least 4 members (excludes halogenated alkanes) is 64. The molecule has 0 aromatic carbocycles. The molecule has 0 aromatic rings. The summed E-state index contributed by atoms with van der Waals surface area (Å²) in [5.41, 5.74) is 0. The Morgan fingerprint density at radius 1 is 0.311 bits per heavy atom. The topological polar surface area (TPSA) is 95.9 Å². The van der Waals surface area contributed by atoms with Gasteiger partial charge >= 0.3 is 5.97 Å². The van der Waals surface area contributed by atoms with E-state index in [-0.39, 0.29) is 18.5 Å². The van der Waals surface area contributed by atoms with E-state index in [1.54, 1.807) is 0 Å². The van der Waals surface area contributed by atoms with Crippen LogP contribution in [-0.2, 0) is 14.3 Å². The Kier molecular flexibility index (Phi) is 78.3. The van der Waals surface area contributed by atoms with E-state index in [0.717, 1.165) is 51.4 Å². The second kappa shape index (κ2) is 79.8. The highest BCUT2D eigenvalue weighted by atomic mass is 16.5. The van der Waals surface area contributed by atoms with E-state index in [1.165, 1.54) is 392 Å². The summed E-state index contributed by atoms with van der Waals surface area (Å²) in [5.74, 6) is -0.00795. The quantitative estimate of drug-likeness (QED) is 0.0320. The number of aliphatic hydroxyl groups excluding tert-OH is 2. The molecule has 2 atom stereocenters. The number of rotatable bonds is 79. The number of hydrogen-bond acceptors (Lipinski definition) is 5. The second-order valence-electron chi connectivity index (χ2n) is 28.8. The average Bonchev–Trinajstić information content (AvgIpc) is 3.71. The van der Waals surface area contributed by atoms with Crippen molar-refractivity contribution < 1.29 is 24.5 Å². The molecule has 0 saturated heterocycles. The van der Waals surface area contributed by atoms with Crippen molar-refractivity contribution in [2.45, 2.75) is 488 Å². The molecule has 534 valence electrons. The van der Waals surface area contributed by atoms with Gasteiger partial charge in [0, 0.05) is 12.8 Å². The van der Waals surface area contributed by atoms with Crippen LogP contribution in [0.4, 0.5) is 0 Å². The fraction of sp³-hybridized carbons (Fsp3) is 0.929. The highest BCUT2D eigenvalue weighted by molar-refractivity contribution is 5.76. The van der Waals surface area contributed by atoms with Crippen LogP contribution >= 0.6 is 0 Å². The zero-order valence-electron chi connectivity index (χ0n) is 61.4. The van der Waals surface area contributed by atoms with Crippen molar-refractivity contribution >= 4 is 11.9 Å². The standard InChI is InChI=1S/C84H163NO5/c1-3-5-7-9-11-13-15-17-19-21-23-41-44-48-52-56-60-64-68-72-76-82(87)81(80-86)85-83(88)77-73-69-65-61-57-53-49-45-42-39-37-35-33-31-29-27-25-24-26-28-30-32-34-36-38-40-43-47-51-55-59-63-67-71-75-79-90-84(89)78-74-70-66-62-58-54-50-46-22-20-18-16-14-12-10-8-6-4-2/h14,16,20,22,81-82,86-87H,3-13,15,17-19,21,23-80H2,1-2H3,(H,85,88)/b16-14-,22-20-. The van der Waals surface area contributed by atoms with Gasteiger partial charge in [-0.05, 0) is 57.8 Å². The summed E-state index contributed by atoms with van der Waals surface area (Å²) < 4.78 is 5.51. The monoisotopic (exact) mass is 1270 g/mol. The van der Waals surface area contributed by atoms with Crippen molar-refractivity contribution in [3.05, 3.63) is 24.3 Å². The minimum absolute atomic E-state index is 0.0163. The van der Waals surface area contributed by atoms with Crippen molar-refractivity contribution in [3.63, 3.8) is 0 Å². The molecule has 0 aromatic heterocycles. The Morgan fingerprint density at radius 2 is 0.556 bits per heavy atom. The molecule has 0 rings (SSSR count).